The van der Waals surface area contributed by atoms with Crippen molar-refractivity contribution in [2.75, 3.05) is 6.61 Å². The second-order valence-electron chi connectivity index (χ2n) is 6.46. The minimum Gasteiger partial charge on any atom is -0.491 e. The Morgan fingerprint density at radius 2 is 2.10 bits per heavy atom. The van der Waals surface area contributed by atoms with Crippen LogP contribution in [-0.4, -0.2) is 33.6 Å². The zero-order chi connectivity index (χ0) is 20.8. The highest BCUT2D eigenvalue weighted by Gasteiger charge is 2.39. The molecule has 0 radical (unpaired) electrons. The number of fused-ring (bicyclic) bond motifs is 1. The molecule has 1 aromatic carbocycles. The molecule has 0 saturated carbocycles. The molecule has 1 aliphatic rings. The number of ether oxygens (including phenoxy) is 1. The van der Waals surface area contributed by atoms with Gasteiger partial charge in [0.1, 0.15) is 24.4 Å². The molecule has 0 aliphatic carbocycles. The van der Waals surface area contributed by atoms with Gasteiger partial charge in [-0.25, -0.2) is 4.39 Å². The van der Waals surface area contributed by atoms with Crippen LogP contribution in [0.25, 0.3) is 11.4 Å². The average Bonchev–Trinajstić information content (AvgIpc) is 3.33. The van der Waals surface area contributed by atoms with Gasteiger partial charge in [-0.3, -0.25) is 4.79 Å². The monoisotopic (exact) mass is 411 g/mol. The van der Waals surface area contributed by atoms with Crippen LogP contribution in [0.5, 0.6) is 5.75 Å². The van der Waals surface area contributed by atoms with E-state index in [2.05, 4.69) is 14.7 Å². The van der Waals surface area contributed by atoms with Crippen molar-refractivity contribution in [3.63, 3.8) is 0 Å². The third kappa shape index (κ3) is 3.55. The molecule has 1 aliphatic heterocycles. The quantitative estimate of drug-likeness (QED) is 0.595. The maximum atomic E-state index is 14.8. The van der Waals surface area contributed by atoms with E-state index in [1.54, 1.807) is 6.92 Å². The molecular formula is C18H13F4N3O4. The summed E-state index contributed by atoms with van der Waals surface area (Å²) in [5.74, 6) is -3.00. The first kappa shape index (κ1) is 19.0. The summed E-state index contributed by atoms with van der Waals surface area (Å²) < 4.78 is 67.5. The fraction of sp³-hybridized carbons (Fsp3) is 0.278. The molecule has 0 spiro atoms. The van der Waals surface area contributed by atoms with Gasteiger partial charge < -0.3 is 18.6 Å². The average molecular weight is 411 g/mol. The first-order valence-corrected chi connectivity index (χ1v) is 8.43. The Balaban J connectivity index is 1.68. The Kier molecular flexibility index (Phi) is 4.52. The van der Waals surface area contributed by atoms with E-state index in [1.807, 2.05) is 0 Å². The molecule has 0 saturated heterocycles. The van der Waals surface area contributed by atoms with E-state index >= 15 is 0 Å². The van der Waals surface area contributed by atoms with E-state index < -0.39 is 29.8 Å². The van der Waals surface area contributed by atoms with Gasteiger partial charge in [-0.1, -0.05) is 5.16 Å². The smallest absolute Gasteiger partial charge is 0.471 e. The van der Waals surface area contributed by atoms with Gasteiger partial charge in [0.2, 0.25) is 5.82 Å². The lowest BCUT2D eigenvalue weighted by Gasteiger charge is -2.25. The molecule has 0 unspecified atom stereocenters. The number of alkyl halides is 3. The molecule has 4 rings (SSSR count). The number of nitrogens with zero attached hydrogens (tertiary/aromatic N) is 3. The summed E-state index contributed by atoms with van der Waals surface area (Å²) in [4.78, 5) is 17.4. The van der Waals surface area contributed by atoms with Gasteiger partial charge in [-0.05, 0) is 25.1 Å². The standard InChI is InChI=1S/C18H13F4N3O4/c1-9-7-28-14-5-11(15-23-17(29-24-15)18(20,21)22)4-13(19)12(14)6-25(9)16(26)10-2-3-27-8-10/h2-5,8-9H,6-7H2,1H3/t9-/m1/s1. The molecule has 3 heterocycles. The first-order valence-electron chi connectivity index (χ1n) is 8.43. The van der Waals surface area contributed by atoms with Gasteiger partial charge in [-0.15, -0.1) is 0 Å². The fourth-order valence-corrected chi connectivity index (χ4v) is 2.93. The summed E-state index contributed by atoms with van der Waals surface area (Å²) in [5, 5.41) is 3.25. The number of benzene rings is 1. The van der Waals surface area contributed by atoms with Crippen LogP contribution in [0.4, 0.5) is 17.6 Å². The highest BCUT2D eigenvalue weighted by Crippen LogP contribution is 2.34. The zero-order valence-electron chi connectivity index (χ0n) is 14.9. The van der Waals surface area contributed by atoms with Crippen LogP contribution in [0.15, 0.2) is 39.7 Å². The van der Waals surface area contributed by atoms with Crippen molar-refractivity contribution in [2.24, 2.45) is 0 Å². The van der Waals surface area contributed by atoms with Crippen molar-refractivity contribution in [3.05, 3.63) is 53.6 Å². The number of carbonyl (C=O) groups excluding carboxylic acids is 1. The molecule has 152 valence electrons. The van der Waals surface area contributed by atoms with Crippen LogP contribution in [0.1, 0.15) is 28.7 Å². The van der Waals surface area contributed by atoms with Crippen molar-refractivity contribution in [3.8, 4) is 17.1 Å². The number of rotatable bonds is 2. The fourth-order valence-electron chi connectivity index (χ4n) is 2.93. The maximum absolute atomic E-state index is 14.8. The Hall–Kier alpha value is -3.37. The number of hydrogen-bond donors (Lipinski definition) is 0. The van der Waals surface area contributed by atoms with E-state index in [0.717, 1.165) is 6.07 Å². The van der Waals surface area contributed by atoms with E-state index in [1.165, 1.54) is 29.6 Å². The molecule has 11 heteroatoms. The SMILES string of the molecule is C[C@@H]1COc2cc(-c3noc(C(F)(F)F)n3)cc(F)c2CN1C(=O)c1ccoc1. The second-order valence-corrected chi connectivity index (χ2v) is 6.46. The number of hydrogen-bond acceptors (Lipinski definition) is 6. The van der Waals surface area contributed by atoms with Crippen molar-refractivity contribution in [1.29, 1.82) is 0 Å². The van der Waals surface area contributed by atoms with E-state index in [4.69, 9.17) is 9.15 Å². The Morgan fingerprint density at radius 1 is 1.31 bits per heavy atom. The summed E-state index contributed by atoms with van der Waals surface area (Å²) in [6, 6.07) is 3.40. The lowest BCUT2D eigenvalue weighted by Crippen LogP contribution is -2.39. The van der Waals surface area contributed by atoms with Crippen LogP contribution >= 0.6 is 0 Å². The molecule has 29 heavy (non-hydrogen) atoms. The van der Waals surface area contributed by atoms with E-state index in [0.29, 0.717) is 5.56 Å². The first-order chi connectivity index (χ1) is 13.7. The van der Waals surface area contributed by atoms with Gasteiger partial charge in [-0.2, -0.15) is 18.2 Å². The molecule has 1 amide bonds. The number of furan rings is 1. The largest absolute Gasteiger partial charge is 0.491 e. The summed E-state index contributed by atoms with van der Waals surface area (Å²) in [6.45, 7) is 1.70. The lowest BCUT2D eigenvalue weighted by molar-refractivity contribution is -0.159. The maximum Gasteiger partial charge on any atom is 0.471 e. The molecule has 0 fully saturated rings. The number of halogens is 4. The molecule has 0 N–H and O–H groups in total. The number of carbonyl (C=O) groups is 1. The van der Waals surface area contributed by atoms with Crippen molar-refractivity contribution < 1.29 is 36.0 Å². The zero-order valence-corrected chi connectivity index (χ0v) is 14.9. The minimum absolute atomic E-state index is 0.0391. The topological polar surface area (TPSA) is 81.6 Å². The third-order valence-corrected chi connectivity index (χ3v) is 4.45. The summed E-state index contributed by atoms with van der Waals surface area (Å²) in [7, 11) is 0. The van der Waals surface area contributed by atoms with Crippen LogP contribution in [0, 0.1) is 5.82 Å². The van der Waals surface area contributed by atoms with Gasteiger partial charge in [0, 0.05) is 11.1 Å². The molecule has 7 nitrogen and oxygen atoms in total. The molecule has 2 aromatic heterocycles. The Labute approximate surface area is 160 Å². The highest BCUT2D eigenvalue weighted by atomic mass is 19.4. The summed E-state index contributed by atoms with van der Waals surface area (Å²) in [5.41, 5.74) is 0.362. The predicted molar refractivity (Wildman–Crippen MR) is 88.2 cm³/mol. The number of amides is 1. The van der Waals surface area contributed by atoms with Gasteiger partial charge >= 0.3 is 12.1 Å². The molecule has 0 bridgehead atoms. The molecule has 1 atom stereocenters. The lowest BCUT2D eigenvalue weighted by atomic mass is 10.1. The second kappa shape index (κ2) is 6.90. The summed E-state index contributed by atoms with van der Waals surface area (Å²) >= 11 is 0. The predicted octanol–water partition coefficient (Wildman–Crippen LogP) is 3.91. The minimum atomic E-state index is -4.81. The van der Waals surface area contributed by atoms with Crippen LogP contribution in [0.2, 0.25) is 0 Å². The normalized spacial score (nSPS) is 16.9. The van der Waals surface area contributed by atoms with E-state index in [9.17, 15) is 22.4 Å². The van der Waals surface area contributed by atoms with Gasteiger partial charge in [0.05, 0.1) is 24.4 Å². The molecule has 3 aromatic rings. The van der Waals surface area contributed by atoms with E-state index in [-0.39, 0.29) is 35.9 Å². The van der Waals surface area contributed by atoms with Crippen LogP contribution < -0.4 is 4.74 Å². The van der Waals surface area contributed by atoms with Gasteiger partial charge in [0.15, 0.2) is 0 Å². The Bertz CT molecular complexity index is 1050. The third-order valence-electron chi connectivity index (χ3n) is 4.45. The van der Waals surface area contributed by atoms with Crippen molar-refractivity contribution >= 4 is 5.91 Å². The summed E-state index contributed by atoms with van der Waals surface area (Å²) in [6.07, 6.45) is -2.17. The highest BCUT2D eigenvalue weighted by molar-refractivity contribution is 5.94. The number of aromatic nitrogens is 2. The van der Waals surface area contributed by atoms with Crippen molar-refractivity contribution in [1.82, 2.24) is 15.0 Å². The van der Waals surface area contributed by atoms with Gasteiger partial charge in [0.25, 0.3) is 5.91 Å². The van der Waals surface area contributed by atoms with Crippen LogP contribution in [0.3, 0.4) is 0 Å². The van der Waals surface area contributed by atoms with Crippen molar-refractivity contribution in [2.45, 2.75) is 25.7 Å². The van der Waals surface area contributed by atoms with Crippen LogP contribution in [-0.2, 0) is 12.7 Å². The molecular weight excluding hydrogens is 398 g/mol. The Morgan fingerprint density at radius 3 is 2.76 bits per heavy atom.